The molecule has 0 aliphatic carbocycles. The molecular weight excluding hydrogens is 188 g/mol. The van der Waals surface area contributed by atoms with Gasteiger partial charge in [0.2, 0.25) is 11.8 Å². The molecule has 2 heterocycles. The Labute approximate surface area is 80.4 Å². The van der Waals surface area contributed by atoms with Crippen molar-refractivity contribution in [2.75, 3.05) is 19.8 Å². The molecule has 0 N–H and O–H groups in total. The third-order valence-corrected chi connectivity index (χ3v) is 3.37. The molecule has 2 rings (SSSR count). The standard InChI is InChI=1S/C8H10N2O2S/c1-10-7(11)4-3-9-6(13-2)5(4)8(10)12/h4-5H,3H2,1-2H3. The third-order valence-electron chi connectivity index (χ3n) is 2.57. The molecule has 0 aromatic rings. The van der Waals surface area contributed by atoms with Crippen LogP contribution in [0.5, 0.6) is 0 Å². The molecule has 2 atom stereocenters. The molecule has 2 unspecified atom stereocenters. The molecule has 0 bridgehead atoms. The molecule has 70 valence electrons. The van der Waals surface area contributed by atoms with E-state index in [0.29, 0.717) is 6.54 Å². The summed E-state index contributed by atoms with van der Waals surface area (Å²) in [5, 5.41) is 0.813. The van der Waals surface area contributed by atoms with Crippen LogP contribution in [0, 0.1) is 11.8 Å². The molecule has 1 saturated heterocycles. The van der Waals surface area contributed by atoms with Crippen molar-refractivity contribution in [1.82, 2.24) is 4.90 Å². The minimum absolute atomic E-state index is 0.0807. The summed E-state index contributed by atoms with van der Waals surface area (Å²) in [7, 11) is 1.54. The molecule has 2 aliphatic rings. The van der Waals surface area contributed by atoms with Crippen molar-refractivity contribution >= 4 is 28.6 Å². The second-order valence-electron chi connectivity index (χ2n) is 3.20. The number of nitrogens with zero attached hydrogens (tertiary/aromatic N) is 2. The summed E-state index contributed by atoms with van der Waals surface area (Å²) < 4.78 is 0. The molecule has 0 saturated carbocycles. The number of rotatable bonds is 0. The Hall–Kier alpha value is -0.840. The van der Waals surface area contributed by atoms with Gasteiger partial charge in [0.25, 0.3) is 0 Å². The minimum atomic E-state index is -0.271. The summed E-state index contributed by atoms with van der Waals surface area (Å²) in [6, 6.07) is 0. The molecule has 2 aliphatic heterocycles. The maximum atomic E-state index is 11.6. The summed E-state index contributed by atoms with van der Waals surface area (Å²) in [6.07, 6.45) is 1.89. The van der Waals surface area contributed by atoms with E-state index in [0.717, 1.165) is 5.04 Å². The number of carbonyl (C=O) groups is 2. The minimum Gasteiger partial charge on any atom is -0.285 e. The highest BCUT2D eigenvalue weighted by molar-refractivity contribution is 8.13. The maximum absolute atomic E-state index is 11.6. The predicted octanol–water partition coefficient (Wildman–Crippen LogP) is -0.00750. The zero-order valence-electron chi connectivity index (χ0n) is 7.48. The first kappa shape index (κ1) is 8.74. The summed E-state index contributed by atoms with van der Waals surface area (Å²) >= 11 is 1.47. The van der Waals surface area contributed by atoms with Crippen LogP contribution in [0.15, 0.2) is 4.99 Å². The third kappa shape index (κ3) is 1.03. The van der Waals surface area contributed by atoms with Gasteiger partial charge in [0.15, 0.2) is 0 Å². The van der Waals surface area contributed by atoms with E-state index in [9.17, 15) is 9.59 Å². The Morgan fingerprint density at radius 2 is 2.15 bits per heavy atom. The topological polar surface area (TPSA) is 49.7 Å². The van der Waals surface area contributed by atoms with E-state index in [-0.39, 0.29) is 23.7 Å². The van der Waals surface area contributed by atoms with E-state index < -0.39 is 0 Å². The van der Waals surface area contributed by atoms with E-state index in [4.69, 9.17) is 0 Å². The lowest BCUT2D eigenvalue weighted by Gasteiger charge is -2.07. The van der Waals surface area contributed by atoms with Crippen molar-refractivity contribution in [3.63, 3.8) is 0 Å². The smallest absolute Gasteiger partial charge is 0.239 e. The summed E-state index contributed by atoms with van der Waals surface area (Å²) in [4.78, 5) is 28.5. The number of fused-ring (bicyclic) bond motifs is 1. The van der Waals surface area contributed by atoms with Gasteiger partial charge in [-0.25, -0.2) is 0 Å². The number of aliphatic imine (C=N–C) groups is 1. The second-order valence-corrected chi connectivity index (χ2v) is 4.03. The van der Waals surface area contributed by atoms with Gasteiger partial charge in [-0.05, 0) is 6.26 Å². The maximum Gasteiger partial charge on any atom is 0.239 e. The fraction of sp³-hybridized carbons (Fsp3) is 0.625. The Morgan fingerprint density at radius 3 is 2.77 bits per heavy atom. The van der Waals surface area contributed by atoms with Gasteiger partial charge >= 0.3 is 0 Å². The highest BCUT2D eigenvalue weighted by Crippen LogP contribution is 2.34. The van der Waals surface area contributed by atoms with Gasteiger partial charge in [-0.15, -0.1) is 11.8 Å². The lowest BCUT2D eigenvalue weighted by atomic mass is 9.99. The SMILES string of the molecule is CSC1=NCC2C(=O)N(C)C(=O)C12. The average Bonchev–Trinajstić information content (AvgIpc) is 2.64. The number of amides is 2. The highest BCUT2D eigenvalue weighted by Gasteiger charge is 2.50. The van der Waals surface area contributed by atoms with Gasteiger partial charge in [0.05, 0.1) is 23.4 Å². The van der Waals surface area contributed by atoms with Crippen LogP contribution in [0.2, 0.25) is 0 Å². The lowest BCUT2D eigenvalue weighted by Crippen LogP contribution is -2.28. The van der Waals surface area contributed by atoms with E-state index in [1.807, 2.05) is 6.26 Å². The Bertz CT molecular complexity index is 313. The normalized spacial score (nSPS) is 32.5. The second kappa shape index (κ2) is 2.83. The fourth-order valence-electron chi connectivity index (χ4n) is 1.82. The highest BCUT2D eigenvalue weighted by atomic mass is 32.2. The van der Waals surface area contributed by atoms with Crippen LogP contribution in [0.1, 0.15) is 0 Å². The zero-order valence-corrected chi connectivity index (χ0v) is 8.30. The van der Waals surface area contributed by atoms with Gasteiger partial charge in [-0.1, -0.05) is 0 Å². The number of thioether (sulfide) groups is 1. The van der Waals surface area contributed by atoms with Crippen molar-refractivity contribution < 1.29 is 9.59 Å². The molecule has 13 heavy (non-hydrogen) atoms. The number of carbonyl (C=O) groups excluding carboxylic acids is 2. The molecule has 0 spiro atoms. The van der Waals surface area contributed by atoms with E-state index in [2.05, 4.69) is 4.99 Å². The van der Waals surface area contributed by atoms with E-state index in [1.165, 1.54) is 16.7 Å². The Morgan fingerprint density at radius 1 is 1.46 bits per heavy atom. The quantitative estimate of drug-likeness (QED) is 0.514. The van der Waals surface area contributed by atoms with Crippen molar-refractivity contribution in [3.05, 3.63) is 0 Å². The molecule has 2 amide bonds. The zero-order chi connectivity index (χ0) is 9.59. The number of hydrogen-bond donors (Lipinski definition) is 0. The molecular formula is C8H10N2O2S. The van der Waals surface area contributed by atoms with Crippen molar-refractivity contribution in [2.45, 2.75) is 0 Å². The van der Waals surface area contributed by atoms with Gasteiger partial charge < -0.3 is 0 Å². The van der Waals surface area contributed by atoms with Crippen molar-refractivity contribution in [3.8, 4) is 0 Å². The van der Waals surface area contributed by atoms with E-state index in [1.54, 1.807) is 7.05 Å². The average molecular weight is 198 g/mol. The van der Waals surface area contributed by atoms with Crippen molar-refractivity contribution in [1.29, 1.82) is 0 Å². The number of imide groups is 1. The first-order valence-electron chi connectivity index (χ1n) is 4.06. The monoisotopic (exact) mass is 198 g/mol. The largest absolute Gasteiger partial charge is 0.285 e. The van der Waals surface area contributed by atoms with Crippen LogP contribution in [-0.2, 0) is 9.59 Å². The lowest BCUT2D eigenvalue weighted by molar-refractivity contribution is -0.137. The van der Waals surface area contributed by atoms with Crippen LogP contribution < -0.4 is 0 Å². The summed E-state index contributed by atoms with van der Waals surface area (Å²) in [6.45, 7) is 0.482. The van der Waals surface area contributed by atoms with Crippen molar-refractivity contribution in [2.24, 2.45) is 16.8 Å². The van der Waals surface area contributed by atoms with Gasteiger partial charge in [0.1, 0.15) is 0 Å². The number of likely N-dealkylation sites (tertiary alicyclic amines) is 1. The summed E-state index contributed by atoms with van der Waals surface area (Å²) in [5.41, 5.74) is 0. The Kier molecular flexibility index (Phi) is 1.91. The van der Waals surface area contributed by atoms with E-state index >= 15 is 0 Å². The fourth-order valence-corrected chi connectivity index (χ4v) is 2.54. The molecule has 0 aromatic carbocycles. The van der Waals surface area contributed by atoms with Crippen LogP contribution in [-0.4, -0.2) is 41.6 Å². The predicted molar refractivity (Wildman–Crippen MR) is 50.6 cm³/mol. The first-order valence-corrected chi connectivity index (χ1v) is 5.29. The number of hydrogen-bond acceptors (Lipinski definition) is 4. The van der Waals surface area contributed by atoms with Gasteiger partial charge in [-0.3, -0.25) is 19.5 Å². The first-order chi connectivity index (χ1) is 6.16. The van der Waals surface area contributed by atoms with Crippen LogP contribution >= 0.6 is 11.8 Å². The molecule has 4 nitrogen and oxygen atoms in total. The Balaban J connectivity index is 2.33. The van der Waals surface area contributed by atoms with Gasteiger partial charge in [0, 0.05) is 7.05 Å². The van der Waals surface area contributed by atoms with Gasteiger partial charge in [-0.2, -0.15) is 0 Å². The molecule has 0 aromatic heterocycles. The van der Waals surface area contributed by atoms with Crippen LogP contribution in [0.3, 0.4) is 0 Å². The van der Waals surface area contributed by atoms with Crippen LogP contribution in [0.25, 0.3) is 0 Å². The molecule has 1 fully saturated rings. The molecule has 5 heteroatoms. The summed E-state index contributed by atoms with van der Waals surface area (Å²) in [5.74, 6) is -0.657. The van der Waals surface area contributed by atoms with Crippen LogP contribution in [0.4, 0.5) is 0 Å². The molecule has 0 radical (unpaired) electrons.